The molecule has 29 heavy (non-hydrogen) atoms. The molecule has 1 aromatic carbocycles. The zero-order valence-electron chi connectivity index (χ0n) is 17.2. The first-order chi connectivity index (χ1) is 13.7. The fourth-order valence-corrected chi connectivity index (χ4v) is 4.87. The summed E-state index contributed by atoms with van der Waals surface area (Å²) in [6, 6.07) is 4.88. The summed E-state index contributed by atoms with van der Waals surface area (Å²) in [7, 11) is 1.50. The zero-order chi connectivity index (χ0) is 21.2. The standard InChI is InChI=1S/C21H27ClN2O4S/c1-13-18(21(2,3)26)29-20(24(13)11-14-6-5-9-28-12-14)23-19(25)16-10-15(22)7-8-17(16)27-4/h7-8,10,14,26H,5-6,9,11-12H2,1-4H3. The first-order valence-electron chi connectivity index (χ1n) is 9.64. The summed E-state index contributed by atoms with van der Waals surface area (Å²) < 4.78 is 12.9. The van der Waals surface area contributed by atoms with E-state index in [9.17, 15) is 9.90 Å². The van der Waals surface area contributed by atoms with Crippen molar-refractivity contribution in [3.8, 4) is 5.75 Å². The minimum atomic E-state index is -1.02. The van der Waals surface area contributed by atoms with Crippen LogP contribution in [0, 0.1) is 12.8 Å². The maximum Gasteiger partial charge on any atom is 0.283 e. The highest BCUT2D eigenvalue weighted by Crippen LogP contribution is 2.28. The molecule has 2 heterocycles. The predicted molar refractivity (Wildman–Crippen MR) is 114 cm³/mol. The highest BCUT2D eigenvalue weighted by molar-refractivity contribution is 7.09. The molecule has 1 unspecified atom stereocenters. The normalized spacial score (nSPS) is 18.1. The van der Waals surface area contributed by atoms with Gasteiger partial charge in [0.15, 0.2) is 4.80 Å². The van der Waals surface area contributed by atoms with Crippen LogP contribution >= 0.6 is 22.9 Å². The first-order valence-corrected chi connectivity index (χ1v) is 10.8. The Kier molecular flexibility index (Phi) is 6.83. The van der Waals surface area contributed by atoms with Crippen LogP contribution in [0.15, 0.2) is 23.2 Å². The molecular weight excluding hydrogens is 412 g/mol. The van der Waals surface area contributed by atoms with Crippen LogP contribution in [0.25, 0.3) is 0 Å². The second-order valence-corrected chi connectivity index (χ2v) is 9.23. The molecule has 0 saturated carbocycles. The third-order valence-corrected chi connectivity index (χ3v) is 6.73. The van der Waals surface area contributed by atoms with Gasteiger partial charge < -0.3 is 19.1 Å². The van der Waals surface area contributed by atoms with Crippen LogP contribution in [0.4, 0.5) is 0 Å². The highest BCUT2D eigenvalue weighted by Gasteiger charge is 2.26. The van der Waals surface area contributed by atoms with E-state index in [1.807, 2.05) is 11.5 Å². The number of aliphatic hydroxyl groups is 1. The molecule has 1 saturated heterocycles. The molecule has 8 heteroatoms. The molecule has 1 fully saturated rings. The molecule has 1 N–H and O–H groups in total. The average Bonchev–Trinajstić information content (AvgIpc) is 2.98. The fourth-order valence-electron chi connectivity index (χ4n) is 3.56. The van der Waals surface area contributed by atoms with E-state index in [-0.39, 0.29) is 0 Å². The Morgan fingerprint density at radius 3 is 2.86 bits per heavy atom. The lowest BCUT2D eigenvalue weighted by Crippen LogP contribution is -2.28. The Morgan fingerprint density at radius 1 is 1.48 bits per heavy atom. The van der Waals surface area contributed by atoms with E-state index in [4.69, 9.17) is 21.1 Å². The number of ether oxygens (including phenoxy) is 2. The topological polar surface area (TPSA) is 73.0 Å². The third kappa shape index (κ3) is 5.09. The number of thiazole rings is 1. The second-order valence-electron chi connectivity index (χ2n) is 7.81. The summed E-state index contributed by atoms with van der Waals surface area (Å²) in [5.41, 5.74) is 0.200. The monoisotopic (exact) mass is 438 g/mol. The van der Waals surface area contributed by atoms with Crippen LogP contribution in [-0.2, 0) is 16.9 Å². The molecule has 1 aromatic heterocycles. The molecule has 1 amide bonds. The van der Waals surface area contributed by atoms with Crippen LogP contribution in [0.3, 0.4) is 0 Å². The molecular formula is C21H27ClN2O4S. The maximum absolute atomic E-state index is 13.0. The Balaban J connectivity index is 2.07. The minimum absolute atomic E-state index is 0.309. The number of halogens is 1. The number of carbonyl (C=O) groups is 1. The van der Waals surface area contributed by atoms with Crippen molar-refractivity contribution in [2.75, 3.05) is 20.3 Å². The molecule has 2 aromatic rings. The van der Waals surface area contributed by atoms with Crippen molar-refractivity contribution in [3.63, 3.8) is 0 Å². The third-order valence-electron chi connectivity index (χ3n) is 5.00. The molecule has 0 bridgehead atoms. The van der Waals surface area contributed by atoms with Crippen molar-refractivity contribution in [2.24, 2.45) is 10.9 Å². The Labute approximate surface area is 179 Å². The van der Waals surface area contributed by atoms with Crippen molar-refractivity contribution >= 4 is 28.8 Å². The molecule has 0 aliphatic carbocycles. The lowest BCUT2D eigenvalue weighted by atomic mass is 10.0. The van der Waals surface area contributed by atoms with Crippen LogP contribution in [0.1, 0.15) is 47.6 Å². The van der Waals surface area contributed by atoms with E-state index in [0.717, 1.165) is 30.0 Å². The first kappa shape index (κ1) is 22.0. The molecule has 1 aliphatic rings. The zero-order valence-corrected chi connectivity index (χ0v) is 18.8. The summed E-state index contributed by atoms with van der Waals surface area (Å²) in [4.78, 5) is 18.7. The van der Waals surface area contributed by atoms with Gasteiger partial charge in [0.1, 0.15) is 5.75 Å². The maximum atomic E-state index is 13.0. The summed E-state index contributed by atoms with van der Waals surface area (Å²) in [5, 5.41) is 11.0. The summed E-state index contributed by atoms with van der Waals surface area (Å²) in [6.07, 6.45) is 2.09. The van der Waals surface area contributed by atoms with Gasteiger partial charge in [-0.15, -0.1) is 0 Å². The van der Waals surface area contributed by atoms with Crippen molar-refractivity contribution in [2.45, 2.75) is 45.8 Å². The van der Waals surface area contributed by atoms with Gasteiger partial charge in [0.25, 0.3) is 5.91 Å². The predicted octanol–water partition coefficient (Wildman–Crippen LogP) is 3.92. The number of benzene rings is 1. The molecule has 3 rings (SSSR count). The summed E-state index contributed by atoms with van der Waals surface area (Å²) in [6.45, 7) is 7.61. The number of aromatic nitrogens is 1. The molecule has 158 valence electrons. The van der Waals surface area contributed by atoms with Crippen molar-refractivity contribution < 1.29 is 19.4 Å². The van der Waals surface area contributed by atoms with Crippen LogP contribution in [0.5, 0.6) is 5.75 Å². The average molecular weight is 439 g/mol. The number of carbonyl (C=O) groups excluding carboxylic acids is 1. The van der Waals surface area contributed by atoms with Gasteiger partial charge in [-0.2, -0.15) is 4.99 Å². The largest absolute Gasteiger partial charge is 0.496 e. The number of methoxy groups -OCH3 is 1. The smallest absolute Gasteiger partial charge is 0.283 e. The van der Waals surface area contributed by atoms with E-state index in [0.29, 0.717) is 40.2 Å². The van der Waals surface area contributed by atoms with Gasteiger partial charge in [0.05, 0.1) is 29.8 Å². The number of nitrogens with zero attached hydrogens (tertiary/aromatic N) is 2. The number of hydrogen-bond acceptors (Lipinski definition) is 5. The van der Waals surface area contributed by atoms with E-state index < -0.39 is 11.5 Å². The van der Waals surface area contributed by atoms with E-state index in [1.54, 1.807) is 32.0 Å². The van der Waals surface area contributed by atoms with Crippen LogP contribution in [-0.4, -0.2) is 35.9 Å². The van der Waals surface area contributed by atoms with Gasteiger partial charge in [-0.25, -0.2) is 0 Å². The second kappa shape index (κ2) is 9.00. The lowest BCUT2D eigenvalue weighted by Gasteiger charge is -2.23. The van der Waals surface area contributed by atoms with Crippen molar-refractivity contribution in [1.29, 1.82) is 0 Å². The van der Waals surface area contributed by atoms with Gasteiger partial charge in [-0.05, 0) is 51.8 Å². The van der Waals surface area contributed by atoms with Crippen molar-refractivity contribution in [1.82, 2.24) is 4.57 Å². The minimum Gasteiger partial charge on any atom is -0.496 e. The van der Waals surface area contributed by atoms with Gasteiger partial charge in [-0.3, -0.25) is 4.79 Å². The SMILES string of the molecule is COc1ccc(Cl)cc1C(=O)N=c1sc(C(C)(C)O)c(C)n1CC1CCCOC1. The van der Waals surface area contributed by atoms with E-state index in [1.165, 1.54) is 18.4 Å². The van der Waals surface area contributed by atoms with Gasteiger partial charge in [0, 0.05) is 29.8 Å². The molecule has 1 atom stereocenters. The van der Waals surface area contributed by atoms with Gasteiger partial charge in [0.2, 0.25) is 0 Å². The lowest BCUT2D eigenvalue weighted by molar-refractivity contribution is 0.0475. The fraction of sp³-hybridized carbons (Fsp3) is 0.524. The van der Waals surface area contributed by atoms with E-state index >= 15 is 0 Å². The van der Waals surface area contributed by atoms with Crippen molar-refractivity contribution in [3.05, 3.63) is 44.2 Å². The molecule has 0 spiro atoms. The molecule has 6 nitrogen and oxygen atoms in total. The number of hydrogen-bond donors (Lipinski definition) is 1. The Hall–Kier alpha value is -1.67. The quantitative estimate of drug-likeness (QED) is 0.767. The highest BCUT2D eigenvalue weighted by atomic mass is 35.5. The Morgan fingerprint density at radius 2 is 2.24 bits per heavy atom. The molecule has 0 radical (unpaired) electrons. The van der Waals surface area contributed by atoms with Gasteiger partial charge >= 0.3 is 0 Å². The Bertz CT molecular complexity index is 953. The number of amides is 1. The van der Waals surface area contributed by atoms with Crippen LogP contribution < -0.4 is 9.54 Å². The summed E-state index contributed by atoms with van der Waals surface area (Å²) >= 11 is 7.40. The van der Waals surface area contributed by atoms with Crippen LogP contribution in [0.2, 0.25) is 5.02 Å². The molecule has 1 aliphatic heterocycles. The van der Waals surface area contributed by atoms with E-state index in [2.05, 4.69) is 4.99 Å². The van der Waals surface area contributed by atoms with Gasteiger partial charge in [-0.1, -0.05) is 22.9 Å². The number of rotatable bonds is 5. The summed E-state index contributed by atoms with van der Waals surface area (Å²) in [5.74, 6) is 0.342.